The number of ether oxygens (including phenoxy) is 1. The number of rotatable bonds is 3. The van der Waals surface area contributed by atoms with Crippen LogP contribution in [0.4, 0.5) is 5.69 Å². The van der Waals surface area contributed by atoms with Crippen molar-refractivity contribution in [2.45, 2.75) is 25.5 Å². The largest absolute Gasteiger partial charge is 0.506 e. The van der Waals surface area contributed by atoms with Crippen LogP contribution < -0.4 is 5.32 Å². The van der Waals surface area contributed by atoms with Crippen LogP contribution in [0.25, 0.3) is 10.8 Å². The molecule has 1 aliphatic heterocycles. The monoisotopic (exact) mass is 319 g/mol. The Morgan fingerprint density at radius 1 is 1.04 bits per heavy atom. The molecule has 0 saturated carbocycles. The van der Waals surface area contributed by atoms with Gasteiger partial charge in [0.05, 0.1) is 17.8 Å². The Bertz CT molecular complexity index is 875. The normalized spacial score (nSPS) is 19.7. The van der Waals surface area contributed by atoms with Gasteiger partial charge >= 0.3 is 0 Å². The zero-order valence-corrected chi connectivity index (χ0v) is 13.7. The van der Waals surface area contributed by atoms with Crippen molar-refractivity contribution < 1.29 is 9.84 Å². The minimum Gasteiger partial charge on any atom is -0.506 e. The highest BCUT2D eigenvalue weighted by molar-refractivity contribution is 5.83. The highest BCUT2D eigenvalue weighted by Crippen LogP contribution is 2.44. The molecule has 0 saturated heterocycles. The average Bonchev–Trinajstić information content (AvgIpc) is 2.62. The van der Waals surface area contributed by atoms with Crippen molar-refractivity contribution in [3.05, 3.63) is 71.8 Å². The van der Waals surface area contributed by atoms with Crippen molar-refractivity contribution in [1.82, 2.24) is 0 Å². The van der Waals surface area contributed by atoms with Crippen molar-refractivity contribution >= 4 is 16.5 Å². The van der Waals surface area contributed by atoms with E-state index in [1.807, 2.05) is 19.1 Å². The lowest BCUT2D eigenvalue weighted by Gasteiger charge is -2.33. The van der Waals surface area contributed by atoms with Crippen LogP contribution in [0.1, 0.15) is 36.6 Å². The summed E-state index contributed by atoms with van der Waals surface area (Å²) in [6, 6.07) is 20.6. The molecule has 0 radical (unpaired) electrons. The van der Waals surface area contributed by atoms with Gasteiger partial charge < -0.3 is 15.2 Å². The number of para-hydroxylation sites is 1. The Balaban J connectivity index is 1.74. The summed E-state index contributed by atoms with van der Waals surface area (Å²) in [7, 11) is 0. The van der Waals surface area contributed by atoms with Crippen molar-refractivity contribution in [3.63, 3.8) is 0 Å². The first-order valence-electron chi connectivity index (χ1n) is 8.45. The smallest absolute Gasteiger partial charge is 0.139 e. The second kappa shape index (κ2) is 6.17. The van der Waals surface area contributed by atoms with Crippen LogP contribution in [-0.2, 0) is 4.74 Å². The van der Waals surface area contributed by atoms with Gasteiger partial charge in [-0.2, -0.15) is 0 Å². The van der Waals surface area contributed by atoms with Crippen LogP contribution in [0.3, 0.4) is 0 Å². The zero-order valence-electron chi connectivity index (χ0n) is 13.7. The highest BCUT2D eigenvalue weighted by atomic mass is 16.5. The van der Waals surface area contributed by atoms with Gasteiger partial charge in [-0.05, 0) is 35.4 Å². The minimum absolute atomic E-state index is 0.00480. The molecule has 0 amide bonds. The van der Waals surface area contributed by atoms with Gasteiger partial charge in [-0.3, -0.25) is 0 Å². The van der Waals surface area contributed by atoms with Crippen LogP contribution in [0.2, 0.25) is 0 Å². The van der Waals surface area contributed by atoms with Crippen molar-refractivity contribution in [1.29, 1.82) is 0 Å². The number of nitrogens with one attached hydrogen (secondary N) is 1. The summed E-state index contributed by atoms with van der Waals surface area (Å²) in [6.45, 7) is 2.67. The maximum absolute atomic E-state index is 10.3. The van der Waals surface area contributed by atoms with E-state index in [0.717, 1.165) is 17.7 Å². The summed E-state index contributed by atoms with van der Waals surface area (Å²) in [4.78, 5) is 0. The van der Waals surface area contributed by atoms with Gasteiger partial charge in [-0.15, -0.1) is 0 Å². The van der Waals surface area contributed by atoms with Gasteiger partial charge in [-0.25, -0.2) is 0 Å². The van der Waals surface area contributed by atoms with E-state index in [9.17, 15) is 5.11 Å². The van der Waals surface area contributed by atoms with Crippen molar-refractivity contribution in [3.8, 4) is 5.75 Å². The topological polar surface area (TPSA) is 41.5 Å². The number of hydrogen-bond acceptors (Lipinski definition) is 3. The molecule has 122 valence electrons. The number of phenolic OH excluding ortho intramolecular Hbond substituents is 1. The number of hydrogen-bond donors (Lipinski definition) is 2. The summed E-state index contributed by atoms with van der Waals surface area (Å²) in [6.07, 6.45) is 0.845. The fourth-order valence-electron chi connectivity index (χ4n) is 3.56. The molecule has 3 heteroatoms. The fourth-order valence-corrected chi connectivity index (χ4v) is 3.56. The lowest BCUT2D eigenvalue weighted by molar-refractivity contribution is 0.0497. The molecular formula is C21H21NO2. The lowest BCUT2D eigenvalue weighted by atomic mass is 9.90. The summed E-state index contributed by atoms with van der Waals surface area (Å²) < 4.78 is 5.95. The molecule has 3 aromatic carbocycles. The number of benzene rings is 3. The Morgan fingerprint density at radius 2 is 1.88 bits per heavy atom. The molecule has 0 aliphatic carbocycles. The molecule has 0 unspecified atom stereocenters. The first kappa shape index (κ1) is 15.0. The number of anilines is 1. The fraction of sp³-hybridized carbons (Fsp3) is 0.238. The van der Waals surface area contributed by atoms with E-state index in [1.165, 1.54) is 16.3 Å². The molecule has 0 bridgehead atoms. The molecule has 2 atom stereocenters. The van der Waals surface area contributed by atoms with Gasteiger partial charge in [0, 0.05) is 18.6 Å². The molecule has 3 nitrogen and oxygen atoms in total. The van der Waals surface area contributed by atoms with Gasteiger partial charge in [0.2, 0.25) is 0 Å². The third-order valence-corrected chi connectivity index (χ3v) is 4.73. The van der Waals surface area contributed by atoms with Crippen LogP contribution in [0, 0.1) is 0 Å². The van der Waals surface area contributed by atoms with Crippen LogP contribution >= 0.6 is 0 Å². The van der Waals surface area contributed by atoms with Gasteiger partial charge in [0.1, 0.15) is 5.75 Å². The first-order chi connectivity index (χ1) is 11.8. The predicted molar refractivity (Wildman–Crippen MR) is 97.4 cm³/mol. The number of fused-ring (bicyclic) bond motifs is 2. The maximum Gasteiger partial charge on any atom is 0.139 e. The third kappa shape index (κ3) is 2.61. The molecular weight excluding hydrogens is 298 g/mol. The molecule has 1 aliphatic rings. The van der Waals surface area contributed by atoms with E-state index >= 15 is 0 Å². The van der Waals surface area contributed by atoms with Gasteiger partial charge in [-0.1, -0.05) is 48.5 Å². The summed E-state index contributed by atoms with van der Waals surface area (Å²) >= 11 is 0. The Labute approximate surface area is 141 Å². The first-order valence-corrected chi connectivity index (χ1v) is 8.45. The molecule has 0 spiro atoms. The molecule has 24 heavy (non-hydrogen) atoms. The highest BCUT2D eigenvalue weighted by Gasteiger charge is 2.29. The van der Waals surface area contributed by atoms with Crippen molar-refractivity contribution in [2.75, 3.05) is 11.9 Å². The average molecular weight is 319 g/mol. The zero-order chi connectivity index (χ0) is 16.5. The third-order valence-electron chi connectivity index (χ3n) is 4.73. The van der Waals surface area contributed by atoms with E-state index in [-0.39, 0.29) is 17.9 Å². The second-order valence-electron chi connectivity index (χ2n) is 6.22. The van der Waals surface area contributed by atoms with E-state index in [2.05, 4.69) is 47.8 Å². The van der Waals surface area contributed by atoms with E-state index in [0.29, 0.717) is 6.61 Å². The summed E-state index contributed by atoms with van der Waals surface area (Å²) in [5, 5.41) is 16.2. The van der Waals surface area contributed by atoms with Crippen LogP contribution in [-0.4, -0.2) is 11.7 Å². The molecule has 1 heterocycles. The summed E-state index contributed by atoms with van der Waals surface area (Å²) in [5.41, 5.74) is 3.04. The van der Waals surface area contributed by atoms with Crippen LogP contribution in [0.5, 0.6) is 5.75 Å². The van der Waals surface area contributed by atoms with Crippen molar-refractivity contribution in [2.24, 2.45) is 0 Å². The number of phenols is 1. The quantitative estimate of drug-likeness (QED) is 0.654. The SMILES string of the molecule is CCO[C@@H]1C[C@H](c2ccc3ccccc3c2)Nc2c(O)cccc21. The molecule has 3 aromatic rings. The molecule has 0 aromatic heterocycles. The summed E-state index contributed by atoms with van der Waals surface area (Å²) in [5.74, 6) is 0.280. The van der Waals surface area contributed by atoms with Gasteiger partial charge in [0.15, 0.2) is 0 Å². The molecule has 2 N–H and O–H groups in total. The number of aromatic hydroxyl groups is 1. The standard InChI is InChI=1S/C21H21NO2/c1-2-24-20-13-18(22-21-17(20)8-5-9-19(21)23)16-11-10-14-6-3-4-7-15(14)12-16/h3-12,18,20,22-23H,2,13H2,1H3/t18-,20-/m1/s1. The lowest BCUT2D eigenvalue weighted by Crippen LogP contribution is -2.23. The minimum atomic E-state index is -0.00480. The van der Waals surface area contributed by atoms with Crippen LogP contribution in [0.15, 0.2) is 60.7 Å². The Morgan fingerprint density at radius 3 is 2.71 bits per heavy atom. The van der Waals surface area contributed by atoms with E-state index < -0.39 is 0 Å². The molecule has 4 rings (SSSR count). The Hall–Kier alpha value is -2.52. The Kier molecular flexibility index (Phi) is 3.87. The van der Waals surface area contributed by atoms with E-state index in [4.69, 9.17) is 4.74 Å². The van der Waals surface area contributed by atoms with Gasteiger partial charge in [0.25, 0.3) is 0 Å². The molecule has 0 fully saturated rings. The maximum atomic E-state index is 10.3. The van der Waals surface area contributed by atoms with E-state index in [1.54, 1.807) is 6.07 Å². The second-order valence-corrected chi connectivity index (χ2v) is 6.22. The predicted octanol–water partition coefficient (Wildman–Crippen LogP) is 5.18.